The molecule has 1 atom stereocenters. The van der Waals surface area contributed by atoms with Gasteiger partial charge < -0.3 is 0 Å². The maximum Gasteiger partial charge on any atom is 0.137 e. The Morgan fingerprint density at radius 3 is 2.79 bits per heavy atom. The van der Waals surface area contributed by atoms with Crippen molar-refractivity contribution >= 4 is 27.3 Å². The Morgan fingerprint density at radius 1 is 1.47 bits per heavy atom. The third-order valence-corrected chi connectivity index (χ3v) is 4.99. The summed E-state index contributed by atoms with van der Waals surface area (Å²) in [6.45, 7) is 3.93. The van der Waals surface area contributed by atoms with Crippen LogP contribution in [0.15, 0.2) is 22.7 Å². The van der Waals surface area contributed by atoms with Crippen LogP contribution < -0.4 is 11.3 Å². The van der Waals surface area contributed by atoms with Crippen LogP contribution in [0.3, 0.4) is 0 Å². The first kappa shape index (κ1) is 14.6. The molecule has 0 saturated heterocycles. The highest BCUT2D eigenvalue weighted by atomic mass is 79.9. The van der Waals surface area contributed by atoms with Gasteiger partial charge in [0.1, 0.15) is 5.82 Å². The third-order valence-electron chi connectivity index (χ3n) is 2.91. The van der Waals surface area contributed by atoms with E-state index < -0.39 is 0 Å². The molecule has 102 valence electrons. The molecule has 1 unspecified atom stereocenters. The van der Waals surface area contributed by atoms with E-state index in [2.05, 4.69) is 26.3 Å². The van der Waals surface area contributed by atoms with Gasteiger partial charge in [-0.3, -0.25) is 11.3 Å². The molecule has 1 aromatic carbocycles. The Balaban J connectivity index is 2.29. The van der Waals surface area contributed by atoms with Crippen molar-refractivity contribution in [3.05, 3.63) is 49.6 Å². The predicted octanol–water partition coefficient (Wildman–Crippen LogP) is 3.41. The van der Waals surface area contributed by atoms with Gasteiger partial charge in [0.15, 0.2) is 0 Å². The van der Waals surface area contributed by atoms with Gasteiger partial charge in [-0.1, -0.05) is 12.1 Å². The number of hydrogen-bond acceptors (Lipinski definition) is 4. The summed E-state index contributed by atoms with van der Waals surface area (Å²) in [7, 11) is 0. The molecule has 6 heteroatoms. The van der Waals surface area contributed by atoms with Gasteiger partial charge in [-0.15, -0.1) is 11.3 Å². The summed E-state index contributed by atoms with van der Waals surface area (Å²) in [5.41, 5.74) is 4.65. The lowest BCUT2D eigenvalue weighted by atomic mass is 10.0. The summed E-state index contributed by atoms with van der Waals surface area (Å²) in [4.78, 5) is 5.49. The van der Waals surface area contributed by atoms with Gasteiger partial charge in [0.05, 0.1) is 21.2 Å². The van der Waals surface area contributed by atoms with Crippen LogP contribution in [0.2, 0.25) is 0 Å². The van der Waals surface area contributed by atoms with Crippen LogP contribution in [0.4, 0.5) is 4.39 Å². The quantitative estimate of drug-likeness (QED) is 0.660. The lowest BCUT2D eigenvalue weighted by Crippen LogP contribution is -2.29. The third kappa shape index (κ3) is 3.20. The molecule has 2 rings (SSSR count). The van der Waals surface area contributed by atoms with E-state index in [4.69, 9.17) is 5.84 Å². The molecule has 0 bridgehead atoms. The first-order valence-electron chi connectivity index (χ1n) is 5.86. The molecule has 0 aliphatic carbocycles. The molecule has 19 heavy (non-hydrogen) atoms. The SMILES string of the molecule is Cc1nc(C)c(C(Cc2cccc(F)c2Br)NN)s1. The molecule has 0 amide bonds. The average molecular weight is 344 g/mol. The molecular weight excluding hydrogens is 329 g/mol. The molecule has 0 radical (unpaired) electrons. The Bertz CT molecular complexity index is 585. The number of rotatable bonds is 4. The number of nitrogens with zero attached hydrogens (tertiary/aromatic N) is 1. The summed E-state index contributed by atoms with van der Waals surface area (Å²) in [5.74, 6) is 5.38. The van der Waals surface area contributed by atoms with E-state index in [1.165, 1.54) is 6.07 Å². The van der Waals surface area contributed by atoms with Crippen molar-refractivity contribution in [3.8, 4) is 0 Å². The molecule has 0 aliphatic rings. The molecule has 1 heterocycles. The lowest BCUT2D eigenvalue weighted by molar-refractivity contribution is 0.551. The van der Waals surface area contributed by atoms with E-state index in [1.807, 2.05) is 19.9 Å². The van der Waals surface area contributed by atoms with E-state index in [-0.39, 0.29) is 11.9 Å². The van der Waals surface area contributed by atoms with Crippen molar-refractivity contribution in [3.63, 3.8) is 0 Å². The topological polar surface area (TPSA) is 50.9 Å². The Kier molecular flexibility index (Phi) is 4.67. The molecule has 0 saturated carbocycles. The number of halogens is 2. The first-order chi connectivity index (χ1) is 9.02. The van der Waals surface area contributed by atoms with Gasteiger partial charge in [-0.25, -0.2) is 9.37 Å². The highest BCUT2D eigenvalue weighted by Gasteiger charge is 2.18. The monoisotopic (exact) mass is 343 g/mol. The normalized spacial score (nSPS) is 12.7. The first-order valence-corrected chi connectivity index (χ1v) is 7.46. The van der Waals surface area contributed by atoms with Crippen molar-refractivity contribution in [2.45, 2.75) is 26.3 Å². The van der Waals surface area contributed by atoms with E-state index in [0.29, 0.717) is 10.9 Å². The average Bonchev–Trinajstić information content (AvgIpc) is 2.70. The minimum absolute atomic E-state index is 0.0655. The molecule has 1 aromatic heterocycles. The number of thiazole rings is 1. The Labute approximate surface area is 124 Å². The highest BCUT2D eigenvalue weighted by molar-refractivity contribution is 9.10. The standard InChI is InChI=1S/C13H15BrFN3S/c1-7-13(19-8(2)17-7)11(18-16)6-9-4-3-5-10(15)12(9)14/h3-5,11,18H,6,16H2,1-2H3. The van der Waals surface area contributed by atoms with Crippen LogP contribution in [0, 0.1) is 19.7 Å². The number of nitrogens with one attached hydrogen (secondary N) is 1. The fourth-order valence-electron chi connectivity index (χ4n) is 2.02. The molecule has 0 aliphatic heterocycles. The Hall–Kier alpha value is -0.820. The molecule has 3 N–H and O–H groups in total. The summed E-state index contributed by atoms with van der Waals surface area (Å²) in [6.07, 6.45) is 0.608. The van der Waals surface area contributed by atoms with Crippen molar-refractivity contribution in [1.29, 1.82) is 0 Å². The highest BCUT2D eigenvalue weighted by Crippen LogP contribution is 2.30. The van der Waals surface area contributed by atoms with Crippen LogP contribution in [0.25, 0.3) is 0 Å². The summed E-state index contributed by atoms with van der Waals surface area (Å²) in [6, 6.07) is 4.96. The van der Waals surface area contributed by atoms with Gasteiger partial charge in [0.2, 0.25) is 0 Å². The zero-order chi connectivity index (χ0) is 14.0. The van der Waals surface area contributed by atoms with Gasteiger partial charge in [-0.2, -0.15) is 0 Å². The van der Waals surface area contributed by atoms with Crippen molar-refractivity contribution in [1.82, 2.24) is 10.4 Å². The van der Waals surface area contributed by atoms with Crippen molar-refractivity contribution in [2.24, 2.45) is 5.84 Å². The number of hydrazine groups is 1. The molecule has 2 aromatic rings. The largest absolute Gasteiger partial charge is 0.271 e. The van der Waals surface area contributed by atoms with Crippen LogP contribution in [-0.4, -0.2) is 4.98 Å². The molecular formula is C13H15BrFN3S. The Morgan fingerprint density at radius 2 is 2.21 bits per heavy atom. The molecule has 3 nitrogen and oxygen atoms in total. The molecule has 0 fully saturated rings. The number of benzene rings is 1. The fourth-order valence-corrected chi connectivity index (χ4v) is 3.44. The summed E-state index contributed by atoms with van der Waals surface area (Å²) >= 11 is 4.89. The predicted molar refractivity (Wildman–Crippen MR) is 79.5 cm³/mol. The van der Waals surface area contributed by atoms with Gasteiger partial charge >= 0.3 is 0 Å². The zero-order valence-electron chi connectivity index (χ0n) is 10.7. The van der Waals surface area contributed by atoms with Crippen molar-refractivity contribution < 1.29 is 4.39 Å². The second kappa shape index (κ2) is 6.09. The minimum Gasteiger partial charge on any atom is -0.271 e. The van der Waals surface area contributed by atoms with Crippen LogP contribution >= 0.6 is 27.3 Å². The van der Waals surface area contributed by atoms with Gasteiger partial charge in [0, 0.05) is 4.88 Å². The van der Waals surface area contributed by atoms with Gasteiger partial charge in [-0.05, 0) is 47.8 Å². The van der Waals surface area contributed by atoms with E-state index in [9.17, 15) is 4.39 Å². The minimum atomic E-state index is -0.259. The number of hydrogen-bond donors (Lipinski definition) is 2. The fraction of sp³-hybridized carbons (Fsp3) is 0.308. The lowest BCUT2D eigenvalue weighted by Gasteiger charge is -2.16. The maximum atomic E-state index is 13.5. The second-order valence-corrected chi connectivity index (χ2v) is 6.35. The van der Waals surface area contributed by atoms with E-state index >= 15 is 0 Å². The van der Waals surface area contributed by atoms with Crippen molar-refractivity contribution in [2.75, 3.05) is 0 Å². The summed E-state index contributed by atoms with van der Waals surface area (Å²) < 4.78 is 14.0. The number of aromatic nitrogens is 1. The summed E-state index contributed by atoms with van der Waals surface area (Å²) in [5, 5.41) is 1.01. The van der Waals surface area contributed by atoms with E-state index in [0.717, 1.165) is 21.1 Å². The second-order valence-electron chi connectivity index (χ2n) is 4.32. The van der Waals surface area contributed by atoms with Crippen LogP contribution in [0.1, 0.15) is 27.2 Å². The number of nitrogens with two attached hydrogens (primary N) is 1. The van der Waals surface area contributed by atoms with Crippen LogP contribution in [0.5, 0.6) is 0 Å². The molecule has 0 spiro atoms. The smallest absolute Gasteiger partial charge is 0.137 e. The maximum absolute atomic E-state index is 13.5. The van der Waals surface area contributed by atoms with Gasteiger partial charge in [0.25, 0.3) is 0 Å². The van der Waals surface area contributed by atoms with E-state index in [1.54, 1.807) is 17.4 Å². The van der Waals surface area contributed by atoms with Crippen LogP contribution in [-0.2, 0) is 6.42 Å². The zero-order valence-corrected chi connectivity index (χ0v) is 13.1. The number of aryl methyl sites for hydroxylation is 2.